The van der Waals surface area contributed by atoms with E-state index in [1.54, 1.807) is 11.8 Å². The fourth-order valence-corrected chi connectivity index (χ4v) is 2.47. The lowest BCUT2D eigenvalue weighted by Gasteiger charge is -2.14. The minimum Gasteiger partial charge on any atom is -0.314 e. The summed E-state index contributed by atoms with van der Waals surface area (Å²) in [7, 11) is 0. The molecule has 1 aromatic rings. The van der Waals surface area contributed by atoms with Crippen LogP contribution in [0.3, 0.4) is 0 Å². The van der Waals surface area contributed by atoms with Crippen LogP contribution in [0.1, 0.15) is 10.4 Å². The maximum atomic E-state index is 13.3. The van der Waals surface area contributed by atoms with Crippen molar-refractivity contribution in [2.75, 3.05) is 18.2 Å². The molecule has 4 nitrogen and oxygen atoms in total. The van der Waals surface area contributed by atoms with Gasteiger partial charge in [-0.25, -0.2) is 13.6 Å². The highest BCUT2D eigenvalue weighted by Crippen LogP contribution is 2.14. The lowest BCUT2D eigenvalue weighted by molar-refractivity contribution is 0.0947. The Balaban J connectivity index is 2.10. The fourth-order valence-electron chi connectivity index (χ4n) is 1.53. The Hall–Kier alpha value is -1.63. The molecule has 0 saturated carbocycles. The first-order valence-electron chi connectivity index (χ1n) is 5.21. The highest BCUT2D eigenvalue weighted by Gasteiger charge is 2.23. The number of benzene rings is 1. The normalized spacial score (nSPS) is 14.7. The van der Waals surface area contributed by atoms with Crippen LogP contribution in [0.15, 0.2) is 18.2 Å². The summed E-state index contributed by atoms with van der Waals surface area (Å²) in [5.74, 6) is -1.78. The Labute approximate surface area is 106 Å². The van der Waals surface area contributed by atoms with E-state index < -0.39 is 29.1 Å². The Kier molecular flexibility index (Phi) is 3.81. The molecule has 1 aromatic carbocycles. The second-order valence-electron chi connectivity index (χ2n) is 3.66. The van der Waals surface area contributed by atoms with Gasteiger partial charge in [-0.3, -0.25) is 10.1 Å². The van der Waals surface area contributed by atoms with Gasteiger partial charge in [-0.2, -0.15) is 0 Å². The van der Waals surface area contributed by atoms with Crippen molar-refractivity contribution in [1.82, 2.24) is 10.2 Å². The molecule has 1 heterocycles. The molecule has 1 aliphatic rings. The first kappa shape index (κ1) is 12.8. The molecule has 0 bridgehead atoms. The number of hydrogen-bond donors (Lipinski definition) is 1. The van der Waals surface area contributed by atoms with Crippen LogP contribution in [0.4, 0.5) is 13.6 Å². The Morgan fingerprint density at radius 2 is 1.94 bits per heavy atom. The van der Waals surface area contributed by atoms with E-state index in [2.05, 4.69) is 0 Å². The summed E-state index contributed by atoms with van der Waals surface area (Å²) in [5.41, 5.74) is -0.738. The van der Waals surface area contributed by atoms with Crippen molar-refractivity contribution in [3.8, 4) is 0 Å². The molecule has 1 N–H and O–H groups in total. The molecule has 1 aliphatic heterocycles. The van der Waals surface area contributed by atoms with Crippen LogP contribution in [0.25, 0.3) is 0 Å². The first-order valence-corrected chi connectivity index (χ1v) is 6.37. The van der Waals surface area contributed by atoms with Gasteiger partial charge < -0.3 is 4.90 Å². The zero-order valence-electron chi connectivity index (χ0n) is 9.28. The van der Waals surface area contributed by atoms with Gasteiger partial charge in [0.25, 0.3) is 5.91 Å². The molecule has 7 heteroatoms. The molecular weight excluding hydrogens is 262 g/mol. The highest BCUT2D eigenvalue weighted by molar-refractivity contribution is 7.99. The third kappa shape index (κ3) is 2.61. The number of halogens is 2. The fraction of sp³-hybridized carbons (Fsp3) is 0.273. The maximum absolute atomic E-state index is 13.3. The third-order valence-electron chi connectivity index (χ3n) is 2.45. The predicted octanol–water partition coefficient (Wildman–Crippen LogP) is 1.82. The Morgan fingerprint density at radius 3 is 2.50 bits per heavy atom. The number of carbonyl (C=O) groups is 2. The molecular formula is C11H10F2N2O2S. The van der Waals surface area contributed by atoms with E-state index in [1.165, 1.54) is 4.90 Å². The second-order valence-corrected chi connectivity index (χ2v) is 4.73. The van der Waals surface area contributed by atoms with Gasteiger partial charge in [0.2, 0.25) is 0 Å². The van der Waals surface area contributed by atoms with Gasteiger partial charge >= 0.3 is 6.03 Å². The number of carbonyl (C=O) groups excluding carboxylic acids is 2. The Bertz CT molecular complexity index is 470. The first-order chi connectivity index (χ1) is 8.59. The van der Waals surface area contributed by atoms with Gasteiger partial charge in [0.05, 0.1) is 5.88 Å². The number of urea groups is 1. The number of imide groups is 1. The van der Waals surface area contributed by atoms with Crippen LogP contribution in [0, 0.1) is 11.6 Å². The topological polar surface area (TPSA) is 49.4 Å². The maximum Gasteiger partial charge on any atom is 0.325 e. The SMILES string of the molecule is O=C(NC(=O)N1CCSC1)c1c(F)cccc1F. The van der Waals surface area contributed by atoms with Gasteiger partial charge in [0.1, 0.15) is 17.2 Å². The number of nitrogens with zero attached hydrogens (tertiary/aromatic N) is 1. The molecule has 18 heavy (non-hydrogen) atoms. The second kappa shape index (κ2) is 5.34. The van der Waals surface area contributed by atoms with Crippen LogP contribution < -0.4 is 5.32 Å². The number of thioether (sulfide) groups is 1. The molecule has 2 rings (SSSR count). The monoisotopic (exact) mass is 272 g/mol. The summed E-state index contributed by atoms with van der Waals surface area (Å²) in [6.07, 6.45) is 0. The molecule has 1 saturated heterocycles. The summed E-state index contributed by atoms with van der Waals surface area (Å²) in [6.45, 7) is 0.517. The van der Waals surface area contributed by atoms with Crippen molar-refractivity contribution in [3.05, 3.63) is 35.4 Å². The van der Waals surface area contributed by atoms with E-state index in [0.717, 1.165) is 24.0 Å². The van der Waals surface area contributed by atoms with Gasteiger partial charge in [-0.1, -0.05) is 6.07 Å². The van der Waals surface area contributed by atoms with Crippen LogP contribution >= 0.6 is 11.8 Å². The number of rotatable bonds is 1. The van der Waals surface area contributed by atoms with Crippen LogP contribution in [0.2, 0.25) is 0 Å². The summed E-state index contributed by atoms with van der Waals surface area (Å²) >= 11 is 1.55. The summed E-state index contributed by atoms with van der Waals surface area (Å²) in [5, 5.41) is 1.97. The number of amides is 3. The van der Waals surface area contributed by atoms with Crippen LogP contribution in [-0.4, -0.2) is 35.0 Å². The minimum absolute atomic E-state index is 0.471. The quantitative estimate of drug-likeness (QED) is 0.848. The van der Waals surface area contributed by atoms with Gasteiger partial charge in [0.15, 0.2) is 0 Å². The van der Waals surface area contributed by atoms with Gasteiger partial charge in [-0.05, 0) is 12.1 Å². The summed E-state index contributed by atoms with van der Waals surface area (Å²) in [6, 6.07) is 2.45. The lowest BCUT2D eigenvalue weighted by atomic mass is 10.2. The number of nitrogens with one attached hydrogen (secondary N) is 1. The van der Waals surface area contributed by atoms with E-state index in [1.807, 2.05) is 5.32 Å². The molecule has 0 unspecified atom stereocenters. The zero-order chi connectivity index (χ0) is 13.1. The van der Waals surface area contributed by atoms with Crippen molar-refractivity contribution < 1.29 is 18.4 Å². The molecule has 0 aliphatic carbocycles. The third-order valence-corrected chi connectivity index (χ3v) is 3.42. The lowest BCUT2D eigenvalue weighted by Crippen LogP contribution is -2.41. The summed E-state index contributed by atoms with van der Waals surface area (Å²) < 4.78 is 26.6. The summed E-state index contributed by atoms with van der Waals surface area (Å²) in [4.78, 5) is 24.6. The van der Waals surface area contributed by atoms with Crippen molar-refractivity contribution in [1.29, 1.82) is 0 Å². The molecule has 3 amide bonds. The molecule has 0 atom stereocenters. The van der Waals surface area contributed by atoms with Crippen molar-refractivity contribution in [3.63, 3.8) is 0 Å². The Morgan fingerprint density at radius 1 is 1.28 bits per heavy atom. The van der Waals surface area contributed by atoms with Gasteiger partial charge in [-0.15, -0.1) is 11.8 Å². The van der Waals surface area contributed by atoms with E-state index in [9.17, 15) is 18.4 Å². The average molecular weight is 272 g/mol. The predicted molar refractivity (Wildman–Crippen MR) is 63.3 cm³/mol. The van der Waals surface area contributed by atoms with E-state index in [-0.39, 0.29) is 0 Å². The van der Waals surface area contributed by atoms with E-state index >= 15 is 0 Å². The van der Waals surface area contributed by atoms with Crippen molar-refractivity contribution >= 4 is 23.7 Å². The van der Waals surface area contributed by atoms with Crippen LogP contribution in [-0.2, 0) is 0 Å². The number of hydrogen-bond acceptors (Lipinski definition) is 3. The van der Waals surface area contributed by atoms with Crippen LogP contribution in [0.5, 0.6) is 0 Å². The zero-order valence-corrected chi connectivity index (χ0v) is 10.1. The molecule has 0 spiro atoms. The molecule has 96 valence electrons. The standard InChI is InChI=1S/C11H10F2N2O2S/c12-7-2-1-3-8(13)9(7)10(16)14-11(17)15-4-5-18-6-15/h1-3H,4-6H2,(H,14,16,17). The highest BCUT2D eigenvalue weighted by atomic mass is 32.2. The largest absolute Gasteiger partial charge is 0.325 e. The van der Waals surface area contributed by atoms with E-state index in [4.69, 9.17) is 0 Å². The van der Waals surface area contributed by atoms with E-state index in [0.29, 0.717) is 12.4 Å². The molecule has 1 fully saturated rings. The average Bonchev–Trinajstić information content (AvgIpc) is 2.81. The van der Waals surface area contributed by atoms with Crippen molar-refractivity contribution in [2.45, 2.75) is 0 Å². The van der Waals surface area contributed by atoms with Crippen molar-refractivity contribution in [2.24, 2.45) is 0 Å². The van der Waals surface area contributed by atoms with Gasteiger partial charge in [0, 0.05) is 12.3 Å². The minimum atomic E-state index is -1.06. The smallest absolute Gasteiger partial charge is 0.314 e. The molecule has 0 aromatic heterocycles. The molecule has 0 radical (unpaired) electrons.